The van der Waals surface area contributed by atoms with Crippen LogP contribution in [0, 0.1) is 0 Å². The van der Waals surface area contributed by atoms with E-state index in [9.17, 15) is 5.11 Å². The fraction of sp³-hybridized carbons (Fsp3) is 0.500. The summed E-state index contributed by atoms with van der Waals surface area (Å²) in [5.74, 6) is 0.645. The van der Waals surface area contributed by atoms with Crippen LogP contribution in [0.5, 0.6) is 5.75 Å². The SMILES string of the molecule is COc1ccc(N(C)CC(O)CCN)cc1Cl. The Kier molecular flexibility index (Phi) is 5.55. The lowest BCUT2D eigenvalue weighted by Crippen LogP contribution is -2.30. The molecule has 1 aromatic carbocycles. The van der Waals surface area contributed by atoms with Gasteiger partial charge in [0.1, 0.15) is 5.75 Å². The predicted octanol–water partition coefficient (Wildman–Crippen LogP) is 1.49. The van der Waals surface area contributed by atoms with Crippen molar-refractivity contribution >= 4 is 17.3 Å². The summed E-state index contributed by atoms with van der Waals surface area (Å²) in [6.45, 7) is 1.01. The number of hydrogen-bond acceptors (Lipinski definition) is 4. The summed E-state index contributed by atoms with van der Waals surface area (Å²) in [4.78, 5) is 1.94. The van der Waals surface area contributed by atoms with Gasteiger partial charge in [0.05, 0.1) is 18.2 Å². The van der Waals surface area contributed by atoms with Gasteiger partial charge in [-0.25, -0.2) is 0 Å². The number of aliphatic hydroxyl groups is 1. The molecule has 1 aromatic rings. The Morgan fingerprint density at radius 2 is 2.24 bits per heavy atom. The van der Waals surface area contributed by atoms with Gasteiger partial charge < -0.3 is 20.5 Å². The quantitative estimate of drug-likeness (QED) is 0.812. The third-order valence-corrected chi connectivity index (χ3v) is 2.86. The van der Waals surface area contributed by atoms with Crippen LogP contribution < -0.4 is 15.4 Å². The van der Waals surface area contributed by atoms with Gasteiger partial charge in [0, 0.05) is 19.3 Å². The van der Waals surface area contributed by atoms with Crippen molar-refractivity contribution in [1.82, 2.24) is 0 Å². The first-order valence-corrected chi connectivity index (χ1v) is 5.89. The number of anilines is 1. The fourth-order valence-electron chi connectivity index (χ4n) is 1.60. The highest BCUT2D eigenvalue weighted by Gasteiger charge is 2.10. The average molecular weight is 259 g/mol. The summed E-state index contributed by atoms with van der Waals surface area (Å²) in [7, 11) is 3.48. The van der Waals surface area contributed by atoms with Crippen molar-refractivity contribution < 1.29 is 9.84 Å². The number of benzene rings is 1. The van der Waals surface area contributed by atoms with E-state index in [1.54, 1.807) is 7.11 Å². The highest BCUT2D eigenvalue weighted by atomic mass is 35.5. The zero-order valence-corrected chi connectivity index (χ0v) is 10.9. The molecule has 1 atom stereocenters. The van der Waals surface area contributed by atoms with Crippen molar-refractivity contribution in [2.75, 3.05) is 32.1 Å². The topological polar surface area (TPSA) is 58.7 Å². The van der Waals surface area contributed by atoms with Gasteiger partial charge in [0.25, 0.3) is 0 Å². The summed E-state index contributed by atoms with van der Waals surface area (Å²) in [5.41, 5.74) is 6.33. The maximum atomic E-state index is 9.67. The van der Waals surface area contributed by atoms with Gasteiger partial charge in [-0.3, -0.25) is 0 Å². The number of hydrogen-bond donors (Lipinski definition) is 2. The standard InChI is InChI=1S/C12H19ClN2O2/c1-15(8-10(16)5-6-14)9-3-4-12(17-2)11(13)7-9/h3-4,7,10,16H,5-6,8,14H2,1-2H3. The van der Waals surface area contributed by atoms with Gasteiger partial charge in [-0.2, -0.15) is 0 Å². The molecule has 0 saturated carbocycles. The highest BCUT2D eigenvalue weighted by molar-refractivity contribution is 6.32. The van der Waals surface area contributed by atoms with E-state index in [2.05, 4.69) is 0 Å². The lowest BCUT2D eigenvalue weighted by atomic mass is 10.2. The summed E-state index contributed by atoms with van der Waals surface area (Å²) < 4.78 is 5.08. The number of halogens is 1. The number of nitrogens with zero attached hydrogens (tertiary/aromatic N) is 1. The monoisotopic (exact) mass is 258 g/mol. The summed E-state index contributed by atoms with van der Waals surface area (Å²) in [6.07, 6.45) is 0.166. The lowest BCUT2D eigenvalue weighted by molar-refractivity contribution is 0.174. The maximum Gasteiger partial charge on any atom is 0.137 e. The zero-order valence-electron chi connectivity index (χ0n) is 10.2. The molecule has 1 unspecified atom stereocenters. The van der Waals surface area contributed by atoms with Crippen LogP contribution in [0.1, 0.15) is 6.42 Å². The molecular formula is C12H19ClN2O2. The molecule has 0 aromatic heterocycles. The Morgan fingerprint density at radius 1 is 1.53 bits per heavy atom. The number of ether oxygens (including phenoxy) is 1. The number of aliphatic hydroxyl groups excluding tert-OH is 1. The molecular weight excluding hydrogens is 240 g/mol. The van der Waals surface area contributed by atoms with E-state index in [0.717, 1.165) is 5.69 Å². The van der Waals surface area contributed by atoms with E-state index < -0.39 is 6.10 Å². The summed E-state index contributed by atoms with van der Waals surface area (Å²) in [6, 6.07) is 5.53. The minimum absolute atomic E-state index is 0.425. The van der Waals surface area contributed by atoms with E-state index in [1.165, 1.54) is 0 Å². The molecule has 0 aliphatic rings. The molecule has 96 valence electrons. The molecule has 17 heavy (non-hydrogen) atoms. The molecule has 0 aliphatic carbocycles. The molecule has 0 amide bonds. The Balaban J connectivity index is 2.69. The molecule has 0 spiro atoms. The van der Waals surface area contributed by atoms with Crippen molar-refractivity contribution in [1.29, 1.82) is 0 Å². The van der Waals surface area contributed by atoms with Crippen LogP contribution in [0.4, 0.5) is 5.69 Å². The molecule has 0 bridgehead atoms. The van der Waals surface area contributed by atoms with Crippen molar-refractivity contribution in [2.24, 2.45) is 5.73 Å². The fourth-order valence-corrected chi connectivity index (χ4v) is 1.85. The van der Waals surface area contributed by atoms with Crippen LogP contribution in [0.25, 0.3) is 0 Å². The number of rotatable bonds is 6. The first-order chi connectivity index (χ1) is 8.08. The molecule has 0 aliphatic heterocycles. The molecule has 0 saturated heterocycles. The van der Waals surface area contributed by atoms with Crippen molar-refractivity contribution in [2.45, 2.75) is 12.5 Å². The number of likely N-dealkylation sites (N-methyl/N-ethyl adjacent to an activating group) is 1. The van der Waals surface area contributed by atoms with Crippen LogP contribution in [0.15, 0.2) is 18.2 Å². The predicted molar refractivity (Wildman–Crippen MR) is 71.0 cm³/mol. The minimum Gasteiger partial charge on any atom is -0.495 e. The Bertz CT molecular complexity index is 360. The van der Waals surface area contributed by atoms with Crippen LogP contribution in [-0.4, -0.2) is 38.5 Å². The molecule has 0 radical (unpaired) electrons. The first-order valence-electron chi connectivity index (χ1n) is 5.51. The van der Waals surface area contributed by atoms with Gasteiger partial charge in [0.15, 0.2) is 0 Å². The van der Waals surface area contributed by atoms with E-state index in [0.29, 0.717) is 30.3 Å². The van der Waals surface area contributed by atoms with Gasteiger partial charge in [0.2, 0.25) is 0 Å². The maximum absolute atomic E-state index is 9.67. The first kappa shape index (κ1) is 14.1. The van der Waals surface area contributed by atoms with Crippen LogP contribution in [-0.2, 0) is 0 Å². The second-order valence-electron chi connectivity index (χ2n) is 3.93. The lowest BCUT2D eigenvalue weighted by Gasteiger charge is -2.23. The third-order valence-electron chi connectivity index (χ3n) is 2.56. The van der Waals surface area contributed by atoms with Gasteiger partial charge in [-0.1, -0.05) is 11.6 Å². The second kappa shape index (κ2) is 6.69. The van der Waals surface area contributed by atoms with E-state index in [4.69, 9.17) is 22.1 Å². The second-order valence-corrected chi connectivity index (χ2v) is 4.34. The molecule has 0 fully saturated rings. The van der Waals surface area contributed by atoms with E-state index in [1.807, 2.05) is 30.1 Å². The smallest absolute Gasteiger partial charge is 0.137 e. The summed E-state index contributed by atoms with van der Waals surface area (Å²) >= 11 is 6.04. The van der Waals surface area contributed by atoms with Crippen LogP contribution in [0.2, 0.25) is 5.02 Å². The number of nitrogens with two attached hydrogens (primary N) is 1. The third kappa shape index (κ3) is 4.07. The van der Waals surface area contributed by atoms with Gasteiger partial charge in [-0.15, -0.1) is 0 Å². The van der Waals surface area contributed by atoms with Crippen molar-refractivity contribution in [3.05, 3.63) is 23.2 Å². The Hall–Kier alpha value is -0.970. The normalized spacial score (nSPS) is 12.3. The largest absolute Gasteiger partial charge is 0.495 e. The molecule has 5 heteroatoms. The highest BCUT2D eigenvalue weighted by Crippen LogP contribution is 2.28. The van der Waals surface area contributed by atoms with E-state index in [-0.39, 0.29) is 0 Å². The zero-order chi connectivity index (χ0) is 12.8. The Labute approximate surface area is 107 Å². The average Bonchev–Trinajstić information content (AvgIpc) is 2.29. The van der Waals surface area contributed by atoms with E-state index >= 15 is 0 Å². The van der Waals surface area contributed by atoms with Crippen LogP contribution in [0.3, 0.4) is 0 Å². The molecule has 0 heterocycles. The van der Waals surface area contributed by atoms with Crippen LogP contribution >= 0.6 is 11.6 Å². The molecule has 4 nitrogen and oxygen atoms in total. The molecule has 3 N–H and O–H groups in total. The molecule has 1 rings (SSSR count). The number of methoxy groups -OCH3 is 1. The summed E-state index contributed by atoms with van der Waals surface area (Å²) in [5, 5.41) is 10.2. The van der Waals surface area contributed by atoms with Crippen molar-refractivity contribution in [3.63, 3.8) is 0 Å². The minimum atomic E-state index is -0.425. The van der Waals surface area contributed by atoms with Gasteiger partial charge >= 0.3 is 0 Å². The Morgan fingerprint density at radius 3 is 2.76 bits per heavy atom. The van der Waals surface area contributed by atoms with Gasteiger partial charge in [-0.05, 0) is 31.2 Å². The van der Waals surface area contributed by atoms with Crippen molar-refractivity contribution in [3.8, 4) is 5.75 Å².